The summed E-state index contributed by atoms with van der Waals surface area (Å²) >= 11 is 0. The Morgan fingerprint density at radius 1 is 0.413 bits per heavy atom. The van der Waals surface area contributed by atoms with Crippen molar-refractivity contribution in [1.29, 1.82) is 0 Å². The van der Waals surface area contributed by atoms with Crippen molar-refractivity contribution >= 4 is 41.1 Å². The van der Waals surface area contributed by atoms with Crippen molar-refractivity contribution in [3.05, 3.63) is 0 Å². The van der Waals surface area contributed by atoms with Crippen LogP contribution in [-0.2, 0) is 62.0 Å². The van der Waals surface area contributed by atoms with E-state index in [2.05, 4.69) is 10.6 Å². The summed E-state index contributed by atoms with van der Waals surface area (Å²) in [6.45, 7) is 4.46. The molecule has 0 aliphatic carbocycles. The van der Waals surface area contributed by atoms with Gasteiger partial charge in [-0.3, -0.25) is 33.6 Å². The number of carbonyl (C=O) groups is 7. The van der Waals surface area contributed by atoms with Gasteiger partial charge < -0.3 is 49.3 Å². The fourth-order valence-corrected chi connectivity index (χ4v) is 6.40. The van der Waals surface area contributed by atoms with E-state index in [0.29, 0.717) is 52.2 Å². The van der Waals surface area contributed by atoms with Crippen LogP contribution >= 0.6 is 0 Å². The summed E-state index contributed by atoms with van der Waals surface area (Å²) in [5.74, 6) is -3.43. The lowest BCUT2D eigenvalue weighted by molar-refractivity contribution is -0.144. The molecule has 4 N–H and O–H groups in total. The monoisotopic (exact) mass is 903 g/mol. The van der Waals surface area contributed by atoms with E-state index in [1.807, 2.05) is 0 Å². The van der Waals surface area contributed by atoms with Crippen molar-refractivity contribution < 1.29 is 72.2 Å². The maximum atomic E-state index is 12.5. The van der Waals surface area contributed by atoms with Gasteiger partial charge in [0.25, 0.3) is 0 Å². The van der Waals surface area contributed by atoms with E-state index in [1.54, 1.807) is 0 Å². The lowest BCUT2D eigenvalue weighted by atomic mass is 9.94. The number of unbranched alkanes of at least 4 members (excludes halogenated alkanes) is 15. The van der Waals surface area contributed by atoms with Gasteiger partial charge in [-0.05, 0) is 32.6 Å². The first kappa shape index (κ1) is 59.6. The molecule has 0 aromatic carbocycles. The van der Waals surface area contributed by atoms with E-state index < -0.39 is 17.9 Å². The quantitative estimate of drug-likeness (QED) is 0.0528. The lowest BCUT2D eigenvalue weighted by Gasteiger charge is -2.12. The third-order valence-corrected chi connectivity index (χ3v) is 9.94. The highest BCUT2D eigenvalue weighted by Gasteiger charge is 2.22. The van der Waals surface area contributed by atoms with Crippen molar-refractivity contribution in [2.24, 2.45) is 5.92 Å². The van der Waals surface area contributed by atoms with Gasteiger partial charge in [-0.25, -0.2) is 0 Å². The van der Waals surface area contributed by atoms with Crippen molar-refractivity contribution in [2.75, 3.05) is 92.4 Å². The zero-order valence-electron chi connectivity index (χ0n) is 38.4. The number of ketones is 3. The minimum absolute atomic E-state index is 0.00536. The molecule has 0 rings (SSSR count). The number of nitrogens with one attached hydrogen (secondary N) is 2. The van der Waals surface area contributed by atoms with Crippen molar-refractivity contribution in [3.8, 4) is 0 Å². The van der Waals surface area contributed by atoms with E-state index in [1.165, 1.54) is 64.7 Å². The maximum Gasteiger partial charge on any atom is 0.306 e. The molecular formula is C46H82N2O15. The Morgan fingerprint density at radius 2 is 0.825 bits per heavy atom. The summed E-state index contributed by atoms with van der Waals surface area (Å²) in [5, 5.41) is 23.6. The maximum absolute atomic E-state index is 12.5. The van der Waals surface area contributed by atoms with Gasteiger partial charge in [0.05, 0.1) is 58.8 Å². The van der Waals surface area contributed by atoms with E-state index in [0.717, 1.165) is 44.9 Å². The third-order valence-electron chi connectivity index (χ3n) is 9.94. The topological polar surface area (TPSA) is 239 Å². The van der Waals surface area contributed by atoms with Crippen LogP contribution in [0, 0.1) is 5.92 Å². The fraction of sp³-hybridized carbons (Fsp3) is 0.848. The summed E-state index contributed by atoms with van der Waals surface area (Å²) in [5.41, 5.74) is 0. The smallest absolute Gasteiger partial charge is 0.306 e. The van der Waals surface area contributed by atoms with Gasteiger partial charge >= 0.3 is 11.9 Å². The van der Waals surface area contributed by atoms with Crippen LogP contribution in [0.2, 0.25) is 0 Å². The molecule has 17 heteroatoms. The first-order valence-electron chi connectivity index (χ1n) is 23.5. The molecule has 366 valence electrons. The fourth-order valence-electron chi connectivity index (χ4n) is 6.40. The number of ether oxygens (including phenoxy) is 6. The number of carboxylic acids is 2. The first-order valence-corrected chi connectivity index (χ1v) is 23.5. The Labute approximate surface area is 376 Å². The molecule has 0 saturated heterocycles. The number of Topliss-reactive ketones (excluding diaryl/α,β-unsaturated/α-hetero) is 3. The highest BCUT2D eigenvalue weighted by Crippen LogP contribution is 2.17. The van der Waals surface area contributed by atoms with Crippen molar-refractivity contribution in [2.45, 2.75) is 155 Å². The Bertz CT molecular complexity index is 1200. The van der Waals surface area contributed by atoms with Gasteiger partial charge in [-0.1, -0.05) is 89.9 Å². The van der Waals surface area contributed by atoms with Crippen LogP contribution in [0.3, 0.4) is 0 Å². The molecule has 0 heterocycles. The second-order valence-corrected chi connectivity index (χ2v) is 15.9. The Kier molecular flexibility index (Phi) is 42.8. The molecule has 0 aliphatic rings. The molecule has 0 fully saturated rings. The molecule has 0 aliphatic heterocycles. The Morgan fingerprint density at radius 3 is 1.32 bits per heavy atom. The molecule has 1 atom stereocenters. The third kappa shape index (κ3) is 46.5. The van der Waals surface area contributed by atoms with E-state index in [-0.39, 0.29) is 114 Å². The Balaban J connectivity index is 3.61. The Hall–Kier alpha value is -3.35. The number of rotatable bonds is 50. The van der Waals surface area contributed by atoms with E-state index >= 15 is 0 Å². The summed E-state index contributed by atoms with van der Waals surface area (Å²) in [4.78, 5) is 81.5. The average molecular weight is 903 g/mol. The molecule has 0 unspecified atom stereocenters. The predicted octanol–water partition coefficient (Wildman–Crippen LogP) is 5.80. The van der Waals surface area contributed by atoms with Crippen LogP contribution in [-0.4, -0.2) is 144 Å². The van der Waals surface area contributed by atoms with Crippen LogP contribution in [0.4, 0.5) is 0 Å². The molecule has 0 bridgehead atoms. The van der Waals surface area contributed by atoms with Crippen LogP contribution in [0.5, 0.6) is 0 Å². The molecule has 63 heavy (non-hydrogen) atoms. The highest BCUT2D eigenvalue weighted by atomic mass is 16.5. The van der Waals surface area contributed by atoms with Gasteiger partial charge in [-0.2, -0.15) is 0 Å². The molecule has 17 nitrogen and oxygen atoms in total. The van der Waals surface area contributed by atoms with Gasteiger partial charge in [0, 0.05) is 51.8 Å². The molecule has 0 saturated carbocycles. The summed E-state index contributed by atoms with van der Waals surface area (Å²) in [6, 6.07) is 0. The normalized spacial score (nSPS) is 11.6. The largest absolute Gasteiger partial charge is 0.481 e. The second kappa shape index (κ2) is 45.2. The lowest BCUT2D eigenvalue weighted by Crippen LogP contribution is -2.31. The highest BCUT2D eigenvalue weighted by molar-refractivity contribution is 5.84. The van der Waals surface area contributed by atoms with Gasteiger partial charge in [0.1, 0.15) is 25.6 Å². The molecule has 0 aromatic rings. The summed E-state index contributed by atoms with van der Waals surface area (Å²) < 4.78 is 31.8. The zero-order valence-corrected chi connectivity index (χ0v) is 38.4. The molecule has 0 radical (unpaired) electrons. The standard InChI is InChI=1S/C46H82N2O15/c1-39(49)36-61-32-30-60-28-25-48-44(53)38-63-34-29-58-26-18-20-42(51)37-62-33-31-59-27-24-47-43(52)23-22-40(46(56)57)35-41(50)19-16-14-12-10-8-6-4-2-3-5-7-9-11-13-15-17-21-45(54)55/h40H,2-38H2,1H3,(H,47,52)(H,48,53)(H,54,55)(H,56,57)/t40-/m1/s1. The first-order chi connectivity index (χ1) is 30.5. The van der Waals surface area contributed by atoms with Crippen LogP contribution in [0.1, 0.15) is 155 Å². The van der Waals surface area contributed by atoms with E-state index in [9.17, 15) is 38.7 Å². The summed E-state index contributed by atoms with van der Waals surface area (Å²) in [7, 11) is 0. The van der Waals surface area contributed by atoms with Gasteiger partial charge in [0.2, 0.25) is 11.8 Å². The molecular weight excluding hydrogens is 821 g/mol. The number of hydrogen-bond donors (Lipinski definition) is 4. The number of aliphatic carboxylic acids is 2. The molecule has 0 aromatic heterocycles. The average Bonchev–Trinajstić information content (AvgIpc) is 3.24. The SMILES string of the molecule is CC(=O)COCCOCCNC(=O)COCCOCCCC(=O)COCCOCCNC(=O)CC[C@H](CC(=O)CCCCCCCCCCCCCCCCCCC(=O)O)C(=O)O. The van der Waals surface area contributed by atoms with Crippen molar-refractivity contribution in [1.82, 2.24) is 10.6 Å². The number of carbonyl (C=O) groups excluding carboxylic acids is 5. The minimum Gasteiger partial charge on any atom is -0.481 e. The molecule has 2 amide bonds. The van der Waals surface area contributed by atoms with Crippen LogP contribution in [0.25, 0.3) is 0 Å². The summed E-state index contributed by atoms with van der Waals surface area (Å²) in [6.07, 6.45) is 19.6. The molecule has 0 spiro atoms. The zero-order chi connectivity index (χ0) is 46.4. The number of carboxylic acid groups (broad SMARTS) is 2. The number of hydrogen-bond acceptors (Lipinski definition) is 13. The van der Waals surface area contributed by atoms with E-state index in [4.69, 9.17) is 33.5 Å². The van der Waals surface area contributed by atoms with Crippen LogP contribution < -0.4 is 10.6 Å². The number of amides is 2. The minimum atomic E-state index is -1.07. The second-order valence-electron chi connectivity index (χ2n) is 15.9. The van der Waals surface area contributed by atoms with Gasteiger partial charge in [-0.15, -0.1) is 0 Å². The van der Waals surface area contributed by atoms with Crippen molar-refractivity contribution in [3.63, 3.8) is 0 Å². The van der Waals surface area contributed by atoms with Gasteiger partial charge in [0.15, 0.2) is 11.6 Å². The van der Waals surface area contributed by atoms with Crippen LogP contribution in [0.15, 0.2) is 0 Å². The predicted molar refractivity (Wildman–Crippen MR) is 237 cm³/mol.